The van der Waals surface area contributed by atoms with Gasteiger partial charge in [-0.1, -0.05) is 25.9 Å². The van der Waals surface area contributed by atoms with E-state index in [1.165, 1.54) is 6.92 Å². The zero-order valence-electron chi connectivity index (χ0n) is 12.9. The van der Waals surface area contributed by atoms with E-state index in [9.17, 15) is 13.2 Å². The number of aryl methyl sites for hydroxylation is 2. The first-order valence-electron chi connectivity index (χ1n) is 6.59. The summed E-state index contributed by atoms with van der Waals surface area (Å²) in [4.78, 5) is 10.9. The van der Waals surface area contributed by atoms with Gasteiger partial charge in [-0.2, -0.15) is 0 Å². The number of aliphatic carboxylic acids is 1. The Labute approximate surface area is 124 Å². The lowest BCUT2D eigenvalue weighted by Gasteiger charge is -2.29. The van der Waals surface area contributed by atoms with Crippen LogP contribution in [0.3, 0.4) is 0 Å². The van der Waals surface area contributed by atoms with Crippen LogP contribution in [-0.2, 0) is 14.8 Å². The van der Waals surface area contributed by atoms with Crippen LogP contribution in [0.1, 0.15) is 38.6 Å². The standard InChI is InChI=1S/C13H22N2O5S/c1-8-12(9(2)20-15-8)21(18,19)14-7-10(6-11(16)17)13(3,4)5/h10,14H,6-7H2,1-5H3,(H,16,17). The van der Waals surface area contributed by atoms with Gasteiger partial charge in [0.05, 0.1) is 0 Å². The molecule has 2 N–H and O–H groups in total. The maximum atomic E-state index is 12.3. The maximum absolute atomic E-state index is 12.3. The molecule has 0 spiro atoms. The number of aromatic nitrogens is 1. The largest absolute Gasteiger partial charge is 0.481 e. The topological polar surface area (TPSA) is 110 Å². The van der Waals surface area contributed by atoms with E-state index in [1.54, 1.807) is 6.92 Å². The maximum Gasteiger partial charge on any atom is 0.303 e. The van der Waals surface area contributed by atoms with Crippen LogP contribution in [0.5, 0.6) is 0 Å². The van der Waals surface area contributed by atoms with Gasteiger partial charge in [0.25, 0.3) is 0 Å². The molecule has 8 heteroatoms. The predicted molar refractivity (Wildman–Crippen MR) is 76.4 cm³/mol. The predicted octanol–water partition coefficient (Wildman–Crippen LogP) is 1.71. The summed E-state index contributed by atoms with van der Waals surface area (Å²) in [5.74, 6) is -1.07. The lowest BCUT2D eigenvalue weighted by Crippen LogP contribution is -2.36. The van der Waals surface area contributed by atoms with E-state index in [-0.39, 0.29) is 40.6 Å². The molecule has 1 aromatic rings. The molecular weight excluding hydrogens is 296 g/mol. The third kappa shape index (κ3) is 4.53. The summed E-state index contributed by atoms with van der Waals surface area (Å²) in [5, 5.41) is 12.6. The summed E-state index contributed by atoms with van der Waals surface area (Å²) in [7, 11) is -3.77. The smallest absolute Gasteiger partial charge is 0.303 e. The molecule has 1 heterocycles. The Balaban J connectivity index is 2.92. The molecule has 0 amide bonds. The molecule has 0 aliphatic heterocycles. The number of rotatable bonds is 6. The summed E-state index contributed by atoms with van der Waals surface area (Å²) in [6, 6.07) is 0. The number of carbonyl (C=O) groups is 1. The van der Waals surface area contributed by atoms with Gasteiger partial charge in [-0.25, -0.2) is 13.1 Å². The minimum Gasteiger partial charge on any atom is -0.481 e. The lowest BCUT2D eigenvalue weighted by molar-refractivity contribution is -0.139. The van der Waals surface area contributed by atoms with Crippen LogP contribution in [0.15, 0.2) is 9.42 Å². The summed E-state index contributed by atoms with van der Waals surface area (Å²) in [6.45, 7) is 8.75. The van der Waals surface area contributed by atoms with Gasteiger partial charge in [-0.3, -0.25) is 4.79 Å². The molecule has 0 aliphatic carbocycles. The second kappa shape index (κ2) is 6.15. The minimum absolute atomic E-state index is 0.0190. The molecule has 0 fully saturated rings. The highest BCUT2D eigenvalue weighted by Crippen LogP contribution is 2.29. The molecular formula is C13H22N2O5S. The number of carboxylic acids is 1. The van der Waals surface area contributed by atoms with Gasteiger partial charge in [-0.15, -0.1) is 0 Å². The first-order chi connectivity index (χ1) is 9.45. The molecule has 0 radical (unpaired) electrons. The summed E-state index contributed by atoms with van der Waals surface area (Å²) in [6.07, 6.45) is -0.104. The Bertz CT molecular complexity index is 593. The van der Waals surface area contributed by atoms with Gasteiger partial charge in [0.2, 0.25) is 10.0 Å². The van der Waals surface area contributed by atoms with Crippen molar-refractivity contribution in [3.8, 4) is 0 Å². The van der Waals surface area contributed by atoms with Crippen molar-refractivity contribution in [2.75, 3.05) is 6.54 Å². The normalized spacial score (nSPS) is 14.1. The van der Waals surface area contributed by atoms with Gasteiger partial charge >= 0.3 is 5.97 Å². The molecule has 1 unspecified atom stereocenters. The number of hydrogen-bond acceptors (Lipinski definition) is 5. The zero-order valence-corrected chi connectivity index (χ0v) is 13.7. The first kappa shape index (κ1) is 17.6. The SMILES string of the molecule is Cc1noc(C)c1S(=O)(=O)NCC(CC(=O)O)C(C)(C)C. The lowest BCUT2D eigenvalue weighted by atomic mass is 9.79. The van der Waals surface area contributed by atoms with Crippen molar-refractivity contribution in [1.82, 2.24) is 9.88 Å². The highest BCUT2D eigenvalue weighted by molar-refractivity contribution is 7.89. The average Bonchev–Trinajstić information content (AvgIpc) is 2.63. The van der Waals surface area contributed by atoms with Crippen LogP contribution < -0.4 is 4.72 Å². The molecule has 0 aliphatic rings. The third-order valence-corrected chi connectivity index (χ3v) is 5.07. The van der Waals surface area contributed by atoms with E-state index in [0.29, 0.717) is 0 Å². The zero-order chi connectivity index (χ0) is 16.4. The number of nitrogens with zero attached hydrogens (tertiary/aromatic N) is 1. The Morgan fingerprint density at radius 3 is 2.33 bits per heavy atom. The fourth-order valence-electron chi connectivity index (χ4n) is 2.04. The molecule has 0 aromatic carbocycles. The Hall–Kier alpha value is -1.41. The van der Waals surface area contributed by atoms with Gasteiger partial charge in [0, 0.05) is 13.0 Å². The fraction of sp³-hybridized carbons (Fsp3) is 0.692. The number of carboxylic acid groups (broad SMARTS) is 1. The summed E-state index contributed by atoms with van der Waals surface area (Å²) < 4.78 is 31.9. The van der Waals surface area contributed by atoms with Crippen LogP contribution in [-0.4, -0.2) is 31.2 Å². The molecule has 0 saturated heterocycles. The fourth-order valence-corrected chi connectivity index (χ4v) is 3.44. The van der Waals surface area contributed by atoms with E-state index in [0.717, 1.165) is 0 Å². The molecule has 1 rings (SSSR count). The van der Waals surface area contributed by atoms with Gasteiger partial charge in [-0.05, 0) is 25.2 Å². The van der Waals surface area contributed by atoms with E-state index in [2.05, 4.69) is 9.88 Å². The van der Waals surface area contributed by atoms with Crippen molar-refractivity contribution in [2.24, 2.45) is 11.3 Å². The van der Waals surface area contributed by atoms with E-state index >= 15 is 0 Å². The number of sulfonamides is 1. The average molecular weight is 318 g/mol. The van der Waals surface area contributed by atoms with Gasteiger partial charge in [0.1, 0.15) is 10.6 Å². The van der Waals surface area contributed by atoms with Crippen LogP contribution in [0.2, 0.25) is 0 Å². The van der Waals surface area contributed by atoms with Crippen molar-refractivity contribution in [3.63, 3.8) is 0 Å². The van der Waals surface area contributed by atoms with Crippen LogP contribution in [0, 0.1) is 25.2 Å². The van der Waals surface area contributed by atoms with Gasteiger partial charge in [0.15, 0.2) is 5.76 Å². The first-order valence-corrected chi connectivity index (χ1v) is 8.08. The van der Waals surface area contributed by atoms with Gasteiger partial charge < -0.3 is 9.63 Å². The van der Waals surface area contributed by atoms with Crippen molar-refractivity contribution in [1.29, 1.82) is 0 Å². The van der Waals surface area contributed by atoms with Crippen LogP contribution >= 0.6 is 0 Å². The van der Waals surface area contributed by atoms with Crippen molar-refractivity contribution < 1.29 is 22.8 Å². The third-order valence-electron chi connectivity index (χ3n) is 3.40. The number of hydrogen-bond donors (Lipinski definition) is 2. The Morgan fingerprint density at radius 1 is 1.38 bits per heavy atom. The van der Waals surface area contributed by atoms with E-state index in [4.69, 9.17) is 9.63 Å². The van der Waals surface area contributed by atoms with E-state index < -0.39 is 16.0 Å². The second-order valence-corrected chi connectivity index (χ2v) is 7.87. The summed E-state index contributed by atoms with van der Waals surface area (Å²) in [5.41, 5.74) is -0.0508. The molecule has 7 nitrogen and oxygen atoms in total. The Kier molecular flexibility index (Phi) is 5.16. The van der Waals surface area contributed by atoms with E-state index in [1.807, 2.05) is 20.8 Å². The molecule has 0 saturated carbocycles. The number of nitrogens with one attached hydrogen (secondary N) is 1. The quantitative estimate of drug-likeness (QED) is 0.826. The van der Waals surface area contributed by atoms with Crippen molar-refractivity contribution >= 4 is 16.0 Å². The highest BCUT2D eigenvalue weighted by Gasteiger charge is 2.30. The molecule has 0 bridgehead atoms. The van der Waals surface area contributed by atoms with Crippen molar-refractivity contribution in [3.05, 3.63) is 11.5 Å². The molecule has 1 atom stereocenters. The highest BCUT2D eigenvalue weighted by atomic mass is 32.2. The van der Waals surface area contributed by atoms with Crippen LogP contribution in [0.25, 0.3) is 0 Å². The van der Waals surface area contributed by atoms with Crippen molar-refractivity contribution in [2.45, 2.75) is 45.9 Å². The molecule has 21 heavy (non-hydrogen) atoms. The Morgan fingerprint density at radius 2 is 1.95 bits per heavy atom. The molecule has 1 aromatic heterocycles. The summed E-state index contributed by atoms with van der Waals surface area (Å²) >= 11 is 0. The minimum atomic E-state index is -3.77. The second-order valence-electron chi connectivity index (χ2n) is 6.17. The monoisotopic (exact) mass is 318 g/mol. The molecule has 120 valence electrons. The van der Waals surface area contributed by atoms with Crippen LogP contribution in [0.4, 0.5) is 0 Å².